The molecule has 0 aliphatic carbocycles. The lowest BCUT2D eigenvalue weighted by atomic mass is 10.1. The topological polar surface area (TPSA) is 84.7 Å². The zero-order valence-electron chi connectivity index (χ0n) is 14.1. The lowest BCUT2D eigenvalue weighted by Crippen LogP contribution is -2.43. The normalized spacial score (nSPS) is 17.3. The van der Waals surface area contributed by atoms with Crippen molar-refractivity contribution in [3.63, 3.8) is 0 Å². The lowest BCUT2D eigenvalue weighted by molar-refractivity contribution is -0.135. The van der Waals surface area contributed by atoms with E-state index in [0.717, 1.165) is 18.4 Å². The number of piperidine rings is 1. The number of rotatable bonds is 5. The summed E-state index contributed by atoms with van der Waals surface area (Å²) in [4.78, 5) is 25.2. The largest absolute Gasteiger partial charge is 0.484 e. The third-order valence-corrected chi connectivity index (χ3v) is 4.32. The third-order valence-electron chi connectivity index (χ3n) is 4.32. The van der Waals surface area contributed by atoms with Gasteiger partial charge in [-0.3, -0.25) is 9.48 Å². The molecular formula is C18H21N3O4. The van der Waals surface area contributed by atoms with Crippen LogP contribution in [-0.2, 0) is 4.79 Å². The molecule has 7 nitrogen and oxygen atoms in total. The Hall–Kier alpha value is -2.83. The van der Waals surface area contributed by atoms with E-state index in [1.54, 1.807) is 9.58 Å². The Morgan fingerprint density at radius 3 is 2.96 bits per heavy atom. The molecule has 0 unspecified atom stereocenters. The molecule has 1 aromatic heterocycles. The molecule has 0 bridgehead atoms. The molecule has 1 N–H and O–H groups in total. The average Bonchev–Trinajstić information content (AvgIpc) is 3.10. The molecule has 1 aromatic carbocycles. The molecule has 132 valence electrons. The summed E-state index contributed by atoms with van der Waals surface area (Å²) in [7, 11) is 0. The minimum atomic E-state index is -0.999. The van der Waals surface area contributed by atoms with Crippen LogP contribution in [0.2, 0.25) is 0 Å². The number of likely N-dealkylation sites (tertiary alicyclic amines) is 1. The van der Waals surface area contributed by atoms with Crippen LogP contribution in [0.15, 0.2) is 36.7 Å². The van der Waals surface area contributed by atoms with Gasteiger partial charge in [-0.15, -0.1) is 0 Å². The third kappa shape index (κ3) is 4.17. The first-order chi connectivity index (χ1) is 12.0. The van der Waals surface area contributed by atoms with Crippen molar-refractivity contribution in [2.24, 2.45) is 0 Å². The minimum absolute atomic E-state index is 0.00431. The Bertz CT molecular complexity index is 771. The van der Waals surface area contributed by atoms with E-state index in [9.17, 15) is 9.59 Å². The quantitative estimate of drug-likeness (QED) is 0.899. The van der Waals surface area contributed by atoms with E-state index < -0.39 is 5.97 Å². The van der Waals surface area contributed by atoms with Gasteiger partial charge in [-0.25, -0.2) is 4.79 Å². The lowest BCUT2D eigenvalue weighted by Gasteiger charge is -2.32. The van der Waals surface area contributed by atoms with Crippen LogP contribution in [-0.4, -0.2) is 51.4 Å². The summed E-state index contributed by atoms with van der Waals surface area (Å²) >= 11 is 0. The summed E-state index contributed by atoms with van der Waals surface area (Å²) in [6.45, 7) is 3.16. The number of aromatic carboxylic acids is 1. The maximum absolute atomic E-state index is 12.4. The SMILES string of the molecule is Cc1cccc(OCC(=O)N2CCC[C@H](n3cc(C(=O)O)cn3)C2)c1. The standard InChI is InChI=1S/C18H21N3O4/c1-13-4-2-6-16(8-13)25-12-17(22)20-7-3-5-15(11-20)21-10-14(9-19-21)18(23)24/h2,4,6,8-10,15H,3,5,7,11-12H2,1H3,(H,23,24)/t15-/m0/s1. The highest BCUT2D eigenvalue weighted by atomic mass is 16.5. The van der Waals surface area contributed by atoms with Gasteiger partial charge in [0.2, 0.25) is 0 Å². The van der Waals surface area contributed by atoms with E-state index in [4.69, 9.17) is 9.84 Å². The second kappa shape index (κ2) is 7.38. The van der Waals surface area contributed by atoms with E-state index in [2.05, 4.69) is 5.10 Å². The maximum Gasteiger partial charge on any atom is 0.338 e. The maximum atomic E-state index is 12.4. The van der Waals surface area contributed by atoms with Gasteiger partial charge in [-0.1, -0.05) is 12.1 Å². The smallest absolute Gasteiger partial charge is 0.338 e. The molecule has 2 aromatic rings. The summed E-state index contributed by atoms with van der Waals surface area (Å²) in [6, 6.07) is 7.58. The van der Waals surface area contributed by atoms with Gasteiger partial charge in [0.15, 0.2) is 6.61 Å². The molecule has 25 heavy (non-hydrogen) atoms. The first-order valence-corrected chi connectivity index (χ1v) is 8.27. The van der Waals surface area contributed by atoms with E-state index in [-0.39, 0.29) is 24.1 Å². The van der Waals surface area contributed by atoms with Crippen LogP contribution in [0.4, 0.5) is 0 Å². The number of carboxylic acids is 1. The van der Waals surface area contributed by atoms with Gasteiger partial charge in [-0.05, 0) is 37.5 Å². The fourth-order valence-electron chi connectivity index (χ4n) is 2.99. The van der Waals surface area contributed by atoms with Crippen molar-refractivity contribution in [3.05, 3.63) is 47.8 Å². The Labute approximate surface area is 145 Å². The molecule has 7 heteroatoms. The van der Waals surface area contributed by atoms with Crippen LogP contribution < -0.4 is 4.74 Å². The molecule has 2 heterocycles. The summed E-state index contributed by atoms with van der Waals surface area (Å²) in [6.07, 6.45) is 4.57. The number of aryl methyl sites for hydroxylation is 1. The van der Waals surface area contributed by atoms with Crippen LogP contribution >= 0.6 is 0 Å². The molecule has 0 radical (unpaired) electrons. The van der Waals surface area contributed by atoms with Crippen LogP contribution in [0.5, 0.6) is 5.75 Å². The molecule has 1 aliphatic rings. The molecule has 1 fully saturated rings. The van der Waals surface area contributed by atoms with Gasteiger partial charge in [0.25, 0.3) is 5.91 Å². The van der Waals surface area contributed by atoms with Crippen molar-refractivity contribution in [1.82, 2.24) is 14.7 Å². The predicted octanol–water partition coefficient (Wildman–Crippen LogP) is 2.13. The number of ether oxygens (including phenoxy) is 1. The highest BCUT2D eigenvalue weighted by molar-refractivity contribution is 5.86. The van der Waals surface area contributed by atoms with Crippen molar-refractivity contribution in [3.8, 4) is 5.75 Å². The second-order valence-corrected chi connectivity index (χ2v) is 6.26. The number of carbonyl (C=O) groups excluding carboxylic acids is 1. The Morgan fingerprint density at radius 1 is 1.40 bits per heavy atom. The molecule has 0 spiro atoms. The monoisotopic (exact) mass is 343 g/mol. The van der Waals surface area contributed by atoms with Crippen molar-refractivity contribution < 1.29 is 19.4 Å². The van der Waals surface area contributed by atoms with Gasteiger partial charge in [-0.2, -0.15) is 5.10 Å². The fraction of sp³-hybridized carbons (Fsp3) is 0.389. The summed E-state index contributed by atoms with van der Waals surface area (Å²) < 4.78 is 7.23. The van der Waals surface area contributed by atoms with E-state index in [1.165, 1.54) is 12.4 Å². The first-order valence-electron chi connectivity index (χ1n) is 8.27. The van der Waals surface area contributed by atoms with Gasteiger partial charge >= 0.3 is 5.97 Å². The molecular weight excluding hydrogens is 322 g/mol. The van der Waals surface area contributed by atoms with Crippen molar-refractivity contribution in [2.75, 3.05) is 19.7 Å². The molecule has 3 rings (SSSR count). The predicted molar refractivity (Wildman–Crippen MR) is 90.7 cm³/mol. The molecule has 1 saturated heterocycles. The first kappa shape index (κ1) is 17.0. The van der Waals surface area contributed by atoms with Crippen LogP contribution in [0, 0.1) is 6.92 Å². The van der Waals surface area contributed by atoms with E-state index in [1.807, 2.05) is 31.2 Å². The molecule has 1 amide bonds. The van der Waals surface area contributed by atoms with Gasteiger partial charge < -0.3 is 14.7 Å². The van der Waals surface area contributed by atoms with Crippen molar-refractivity contribution >= 4 is 11.9 Å². The highest BCUT2D eigenvalue weighted by Gasteiger charge is 2.26. The summed E-state index contributed by atoms with van der Waals surface area (Å²) in [5.41, 5.74) is 1.24. The van der Waals surface area contributed by atoms with Gasteiger partial charge in [0.05, 0.1) is 17.8 Å². The number of hydrogen-bond donors (Lipinski definition) is 1. The fourth-order valence-corrected chi connectivity index (χ4v) is 2.99. The van der Waals surface area contributed by atoms with Gasteiger partial charge in [0, 0.05) is 19.3 Å². The number of benzene rings is 1. The second-order valence-electron chi connectivity index (χ2n) is 6.26. The van der Waals surface area contributed by atoms with Gasteiger partial charge in [0.1, 0.15) is 5.75 Å². The summed E-state index contributed by atoms with van der Waals surface area (Å²) in [5.74, 6) is -0.390. The van der Waals surface area contributed by atoms with E-state index >= 15 is 0 Å². The minimum Gasteiger partial charge on any atom is -0.484 e. The zero-order valence-corrected chi connectivity index (χ0v) is 14.1. The Balaban J connectivity index is 1.58. The number of carboxylic acid groups (broad SMARTS) is 1. The van der Waals surface area contributed by atoms with Crippen molar-refractivity contribution in [2.45, 2.75) is 25.8 Å². The van der Waals surface area contributed by atoms with Crippen molar-refractivity contribution in [1.29, 1.82) is 0 Å². The van der Waals surface area contributed by atoms with Crippen LogP contribution in [0.1, 0.15) is 34.8 Å². The number of nitrogens with zero attached hydrogens (tertiary/aromatic N) is 3. The number of hydrogen-bond acceptors (Lipinski definition) is 4. The molecule has 1 atom stereocenters. The molecule has 1 aliphatic heterocycles. The highest BCUT2D eigenvalue weighted by Crippen LogP contribution is 2.22. The zero-order chi connectivity index (χ0) is 17.8. The Kier molecular flexibility index (Phi) is 5.02. The van der Waals surface area contributed by atoms with Crippen LogP contribution in [0.25, 0.3) is 0 Å². The number of amides is 1. The average molecular weight is 343 g/mol. The van der Waals surface area contributed by atoms with E-state index in [0.29, 0.717) is 18.8 Å². The molecule has 0 saturated carbocycles. The Morgan fingerprint density at radius 2 is 2.24 bits per heavy atom. The summed E-state index contributed by atoms with van der Waals surface area (Å²) in [5, 5.41) is 13.1. The van der Waals surface area contributed by atoms with Crippen LogP contribution in [0.3, 0.4) is 0 Å². The number of aromatic nitrogens is 2. The number of carbonyl (C=O) groups is 2.